The Hall–Kier alpha value is -3.26. The van der Waals surface area contributed by atoms with Crippen LogP contribution in [0.5, 0.6) is 5.88 Å². The smallest absolute Gasteiger partial charge is 0.224 e. The summed E-state index contributed by atoms with van der Waals surface area (Å²) in [7, 11) is 3.75. The molecule has 1 aliphatic heterocycles. The zero-order valence-corrected chi connectivity index (χ0v) is 22.8. The van der Waals surface area contributed by atoms with Gasteiger partial charge in [0, 0.05) is 30.7 Å². The molecule has 1 saturated carbocycles. The van der Waals surface area contributed by atoms with Crippen molar-refractivity contribution in [3.8, 4) is 17.1 Å². The van der Waals surface area contributed by atoms with Crippen molar-refractivity contribution in [2.75, 3.05) is 27.2 Å². The van der Waals surface area contributed by atoms with Gasteiger partial charge < -0.3 is 19.9 Å². The molecule has 3 heterocycles. The van der Waals surface area contributed by atoms with Gasteiger partial charge in [-0.25, -0.2) is 9.97 Å². The van der Waals surface area contributed by atoms with Gasteiger partial charge in [0.15, 0.2) is 0 Å². The third-order valence-corrected chi connectivity index (χ3v) is 8.34. The zero-order chi connectivity index (χ0) is 26.7. The molecule has 8 nitrogen and oxygen atoms in total. The van der Waals surface area contributed by atoms with Crippen molar-refractivity contribution in [1.29, 1.82) is 0 Å². The third-order valence-electron chi connectivity index (χ3n) is 8.34. The molecular formula is C30H39N5O3. The first-order valence-corrected chi connectivity index (χ1v) is 13.9. The summed E-state index contributed by atoms with van der Waals surface area (Å²) in [5, 5.41) is 4.35. The Morgan fingerprint density at radius 1 is 1.26 bits per heavy atom. The maximum Gasteiger partial charge on any atom is 0.224 e. The minimum atomic E-state index is -0.214. The molecule has 8 heteroatoms. The van der Waals surface area contributed by atoms with E-state index in [1.165, 1.54) is 0 Å². The number of carbonyl (C=O) groups excluding carboxylic acids is 2. The van der Waals surface area contributed by atoms with E-state index in [4.69, 9.17) is 9.72 Å². The van der Waals surface area contributed by atoms with Gasteiger partial charge in [-0.2, -0.15) is 0 Å². The van der Waals surface area contributed by atoms with E-state index in [0.29, 0.717) is 24.5 Å². The zero-order valence-electron chi connectivity index (χ0n) is 22.8. The van der Waals surface area contributed by atoms with Gasteiger partial charge in [-0.15, -0.1) is 0 Å². The number of para-hydroxylation sites is 1. The van der Waals surface area contributed by atoms with E-state index in [2.05, 4.69) is 33.3 Å². The van der Waals surface area contributed by atoms with Gasteiger partial charge in [-0.3, -0.25) is 9.59 Å². The number of ketones is 1. The number of carbonyl (C=O) groups is 2. The number of benzene rings is 1. The summed E-state index contributed by atoms with van der Waals surface area (Å²) in [6.45, 7) is 3.98. The Morgan fingerprint density at radius 3 is 2.87 bits per heavy atom. The van der Waals surface area contributed by atoms with Crippen molar-refractivity contribution in [3.63, 3.8) is 0 Å². The topological polar surface area (TPSA) is 100 Å². The molecule has 0 radical (unpaired) electrons. The largest absolute Gasteiger partial charge is 0.480 e. The summed E-state index contributed by atoms with van der Waals surface area (Å²) in [5.41, 5.74) is 2.67. The number of Topliss-reactive ketones (excluding diaryl/α,β-unsaturated/α-hetero) is 1. The van der Waals surface area contributed by atoms with Crippen molar-refractivity contribution in [3.05, 3.63) is 42.4 Å². The quantitative estimate of drug-likeness (QED) is 0.326. The number of aromatic amines is 1. The number of unbranched alkanes of at least 4 members (excludes halogenated alkanes) is 2. The molecule has 2 aromatic heterocycles. The average Bonchev–Trinajstić information content (AvgIpc) is 3.22. The molecule has 38 heavy (non-hydrogen) atoms. The highest BCUT2D eigenvalue weighted by molar-refractivity contribution is 5.85. The molecule has 5 rings (SSSR count). The number of rotatable bonds is 12. The van der Waals surface area contributed by atoms with Crippen LogP contribution >= 0.6 is 0 Å². The molecule has 1 amide bonds. The number of hydrogen-bond donors (Lipinski definition) is 2. The highest BCUT2D eigenvalue weighted by Crippen LogP contribution is 2.58. The molecule has 2 N–H and O–H groups in total. The number of imidazole rings is 1. The number of likely N-dealkylation sites (tertiary alicyclic amines) is 1. The van der Waals surface area contributed by atoms with Gasteiger partial charge in [-0.05, 0) is 56.8 Å². The standard InChI is InChI=1S/C30H39N5O3/c1-4-21(36)11-6-5-7-13-25(33-28(37)23-17-30(23)14-15-35(2)19-30)27-31-18-26(32-27)22-16-20-10-8-9-12-24(20)34-29(22)38-3/h8-10,12,16,18,23,25H,4-7,11,13-15,17,19H2,1-3H3,(H,31,32)(H,33,37)/t23-,25+,30+/m1/s1. The van der Waals surface area contributed by atoms with Gasteiger partial charge in [0.1, 0.15) is 11.6 Å². The van der Waals surface area contributed by atoms with Crippen LogP contribution in [0.2, 0.25) is 0 Å². The fourth-order valence-corrected chi connectivity index (χ4v) is 5.95. The average molecular weight is 518 g/mol. The molecular weight excluding hydrogens is 478 g/mol. The number of amides is 1. The first kappa shape index (κ1) is 26.4. The fourth-order valence-electron chi connectivity index (χ4n) is 5.95. The van der Waals surface area contributed by atoms with Crippen molar-refractivity contribution < 1.29 is 14.3 Å². The van der Waals surface area contributed by atoms with Crippen LogP contribution in [0.15, 0.2) is 36.5 Å². The van der Waals surface area contributed by atoms with Crippen LogP contribution in [0.4, 0.5) is 0 Å². The lowest BCUT2D eigenvalue weighted by molar-refractivity contribution is -0.124. The Kier molecular flexibility index (Phi) is 7.79. The molecule has 1 spiro atoms. The highest BCUT2D eigenvalue weighted by Gasteiger charge is 2.60. The van der Waals surface area contributed by atoms with Gasteiger partial charge in [0.25, 0.3) is 0 Å². The van der Waals surface area contributed by atoms with Gasteiger partial charge in [0.05, 0.1) is 36.1 Å². The Balaban J connectivity index is 1.33. The molecule has 2 aliphatic rings. The van der Waals surface area contributed by atoms with E-state index >= 15 is 0 Å². The minimum Gasteiger partial charge on any atom is -0.480 e. The number of pyridine rings is 1. The predicted molar refractivity (Wildman–Crippen MR) is 148 cm³/mol. The van der Waals surface area contributed by atoms with Gasteiger partial charge in [0.2, 0.25) is 11.8 Å². The van der Waals surface area contributed by atoms with Crippen LogP contribution in [0.3, 0.4) is 0 Å². The second-order valence-corrected chi connectivity index (χ2v) is 11.1. The fraction of sp³-hybridized carbons (Fsp3) is 0.533. The molecule has 1 aliphatic carbocycles. The van der Waals surface area contributed by atoms with Crippen molar-refractivity contribution >= 4 is 22.6 Å². The van der Waals surface area contributed by atoms with E-state index in [9.17, 15) is 9.59 Å². The molecule has 2 fully saturated rings. The molecule has 0 bridgehead atoms. The number of aromatic nitrogens is 3. The number of nitrogens with zero attached hydrogens (tertiary/aromatic N) is 3. The maximum atomic E-state index is 13.4. The summed E-state index contributed by atoms with van der Waals surface area (Å²) in [6.07, 6.45) is 8.61. The first-order valence-electron chi connectivity index (χ1n) is 13.9. The maximum absolute atomic E-state index is 13.4. The Bertz CT molecular complexity index is 1300. The van der Waals surface area contributed by atoms with Crippen LogP contribution in [0.25, 0.3) is 22.2 Å². The monoisotopic (exact) mass is 517 g/mol. The molecule has 1 aromatic carbocycles. The van der Waals surface area contributed by atoms with E-state index in [0.717, 1.165) is 79.6 Å². The highest BCUT2D eigenvalue weighted by atomic mass is 16.5. The Morgan fingerprint density at radius 2 is 2.11 bits per heavy atom. The summed E-state index contributed by atoms with van der Waals surface area (Å²) in [6, 6.07) is 9.79. The van der Waals surface area contributed by atoms with Crippen LogP contribution in [0.1, 0.15) is 70.2 Å². The lowest BCUT2D eigenvalue weighted by Crippen LogP contribution is -2.32. The molecule has 0 unspecified atom stereocenters. The van der Waals surface area contributed by atoms with Crippen molar-refractivity contribution in [2.24, 2.45) is 11.3 Å². The van der Waals surface area contributed by atoms with Crippen LogP contribution in [-0.2, 0) is 9.59 Å². The summed E-state index contributed by atoms with van der Waals surface area (Å²) in [4.78, 5) is 40.2. The third kappa shape index (κ3) is 5.60. The van der Waals surface area contributed by atoms with Crippen LogP contribution < -0.4 is 10.1 Å². The SMILES string of the molecule is CCC(=O)CCCCC[C@H](NC(=O)[C@H]1C[C@]12CCN(C)C2)c1ncc(-c2cc3ccccc3nc2OC)[nH]1. The number of H-pyrrole nitrogens is 1. The van der Waals surface area contributed by atoms with Crippen LogP contribution in [0, 0.1) is 11.3 Å². The number of methoxy groups -OCH3 is 1. The number of fused-ring (bicyclic) bond motifs is 1. The molecule has 3 aromatic rings. The minimum absolute atomic E-state index is 0.0799. The van der Waals surface area contributed by atoms with E-state index in [1.807, 2.05) is 31.2 Å². The number of hydrogen-bond acceptors (Lipinski definition) is 6. The second kappa shape index (κ2) is 11.2. The summed E-state index contributed by atoms with van der Waals surface area (Å²) >= 11 is 0. The number of ether oxygens (including phenoxy) is 1. The lowest BCUT2D eigenvalue weighted by atomic mass is 10.0. The van der Waals surface area contributed by atoms with Crippen LogP contribution in [-0.4, -0.2) is 58.8 Å². The first-order chi connectivity index (χ1) is 18.4. The summed E-state index contributed by atoms with van der Waals surface area (Å²) in [5.74, 6) is 1.80. The summed E-state index contributed by atoms with van der Waals surface area (Å²) < 4.78 is 5.60. The Labute approximate surface area is 224 Å². The molecule has 3 atom stereocenters. The van der Waals surface area contributed by atoms with E-state index in [-0.39, 0.29) is 23.3 Å². The molecule has 1 saturated heterocycles. The van der Waals surface area contributed by atoms with Crippen molar-refractivity contribution in [1.82, 2.24) is 25.2 Å². The van der Waals surface area contributed by atoms with E-state index in [1.54, 1.807) is 13.3 Å². The predicted octanol–water partition coefficient (Wildman–Crippen LogP) is 5.06. The van der Waals surface area contributed by atoms with Crippen molar-refractivity contribution in [2.45, 2.75) is 64.3 Å². The van der Waals surface area contributed by atoms with Gasteiger partial charge >= 0.3 is 0 Å². The number of nitrogens with one attached hydrogen (secondary N) is 2. The van der Waals surface area contributed by atoms with Gasteiger partial charge in [-0.1, -0.05) is 38.0 Å². The van der Waals surface area contributed by atoms with E-state index < -0.39 is 0 Å². The molecule has 202 valence electrons. The normalized spacial score (nSPS) is 21.6. The second-order valence-electron chi connectivity index (χ2n) is 11.1. The lowest BCUT2D eigenvalue weighted by Gasteiger charge is -2.18.